The van der Waals surface area contributed by atoms with Crippen LogP contribution in [0.2, 0.25) is 0 Å². The Morgan fingerprint density at radius 2 is 2.11 bits per heavy atom. The molecule has 2 N–H and O–H groups in total. The molecule has 2 aromatic rings. The van der Waals surface area contributed by atoms with E-state index >= 15 is 0 Å². The van der Waals surface area contributed by atoms with E-state index in [1.807, 2.05) is 17.5 Å². The fourth-order valence-corrected chi connectivity index (χ4v) is 3.84. The molecule has 1 aromatic heterocycles. The minimum Gasteiger partial charge on any atom is -0.504 e. The monoisotopic (exact) mass is 388 g/mol. The molecule has 0 saturated heterocycles. The van der Waals surface area contributed by atoms with Gasteiger partial charge in [-0.05, 0) is 30.0 Å². The number of carboxylic acids is 1. The average molecular weight is 388 g/mol. The number of hydrogen-bond acceptors (Lipinski definition) is 6. The summed E-state index contributed by atoms with van der Waals surface area (Å²) in [6.45, 7) is 0. The summed E-state index contributed by atoms with van der Waals surface area (Å²) in [5.74, 6) is -0.825. The summed E-state index contributed by atoms with van der Waals surface area (Å²) >= 11 is 1.53. The smallest absolute Gasteiger partial charge is 0.303 e. The van der Waals surface area contributed by atoms with Crippen molar-refractivity contribution < 1.29 is 24.5 Å². The maximum absolute atomic E-state index is 12.7. The number of aliphatic carboxylic acids is 1. The average Bonchev–Trinajstić information content (AvgIpc) is 3.31. The Morgan fingerprint density at radius 3 is 2.78 bits per heavy atom. The van der Waals surface area contributed by atoms with Crippen LogP contribution in [0.25, 0.3) is 0 Å². The van der Waals surface area contributed by atoms with E-state index in [1.165, 1.54) is 23.5 Å². The van der Waals surface area contributed by atoms with Crippen LogP contribution in [0.3, 0.4) is 0 Å². The van der Waals surface area contributed by atoms with E-state index in [0.29, 0.717) is 23.4 Å². The molecule has 0 radical (unpaired) electrons. The number of hydrazone groups is 1. The second kappa shape index (κ2) is 8.22. The van der Waals surface area contributed by atoms with Gasteiger partial charge in [-0.3, -0.25) is 9.59 Å². The fourth-order valence-electron chi connectivity index (χ4n) is 3.03. The third kappa shape index (κ3) is 4.11. The zero-order valence-corrected chi connectivity index (χ0v) is 15.6. The van der Waals surface area contributed by atoms with E-state index in [9.17, 15) is 14.7 Å². The third-order valence-electron chi connectivity index (χ3n) is 4.35. The number of hydrogen-bond donors (Lipinski definition) is 2. The van der Waals surface area contributed by atoms with Crippen LogP contribution in [0.4, 0.5) is 0 Å². The number of benzene rings is 1. The molecule has 3 rings (SSSR count). The van der Waals surface area contributed by atoms with Gasteiger partial charge >= 0.3 is 5.97 Å². The molecule has 1 atom stereocenters. The second-order valence-electron chi connectivity index (χ2n) is 6.12. The molecule has 0 aliphatic carbocycles. The highest BCUT2D eigenvalue weighted by Gasteiger charge is 2.34. The van der Waals surface area contributed by atoms with Crippen molar-refractivity contribution >= 4 is 28.9 Å². The molecule has 7 nitrogen and oxygen atoms in total. The molecule has 1 aromatic carbocycles. The highest BCUT2D eigenvalue weighted by atomic mass is 32.1. The van der Waals surface area contributed by atoms with Crippen LogP contribution in [0, 0.1) is 0 Å². The summed E-state index contributed by atoms with van der Waals surface area (Å²) in [5.41, 5.74) is 1.12. The number of para-hydroxylation sites is 1. The predicted molar refractivity (Wildman–Crippen MR) is 101 cm³/mol. The number of methoxy groups -OCH3 is 1. The van der Waals surface area contributed by atoms with Crippen molar-refractivity contribution in [1.29, 1.82) is 0 Å². The van der Waals surface area contributed by atoms with Crippen molar-refractivity contribution in [3.63, 3.8) is 0 Å². The third-order valence-corrected chi connectivity index (χ3v) is 5.32. The molecule has 0 bridgehead atoms. The quantitative estimate of drug-likeness (QED) is 0.757. The van der Waals surface area contributed by atoms with Crippen molar-refractivity contribution in [1.82, 2.24) is 5.01 Å². The Balaban J connectivity index is 1.88. The van der Waals surface area contributed by atoms with Crippen LogP contribution in [-0.2, 0) is 9.59 Å². The minimum absolute atomic E-state index is 0.0103. The number of ether oxygens (including phenoxy) is 1. The number of phenols is 1. The lowest BCUT2D eigenvalue weighted by molar-refractivity contribution is -0.137. The summed E-state index contributed by atoms with van der Waals surface area (Å²) in [6.07, 6.45) is 0.772. The minimum atomic E-state index is -0.926. The van der Waals surface area contributed by atoms with Gasteiger partial charge in [0.05, 0.1) is 18.9 Å². The SMILES string of the molecule is COc1cccc(C2=NN(C(=O)CCCC(=O)O)[C@H](c3cccs3)C2)c1O. The number of aromatic hydroxyl groups is 1. The molecule has 1 aliphatic rings. The second-order valence-corrected chi connectivity index (χ2v) is 7.10. The Bertz CT molecular complexity index is 863. The van der Waals surface area contributed by atoms with Crippen LogP contribution < -0.4 is 4.74 Å². The number of rotatable bonds is 7. The summed E-state index contributed by atoms with van der Waals surface area (Å²) in [7, 11) is 1.47. The number of thiophene rings is 1. The number of amides is 1. The Hall–Kier alpha value is -2.87. The molecule has 0 unspecified atom stereocenters. The highest BCUT2D eigenvalue weighted by Crippen LogP contribution is 2.39. The van der Waals surface area contributed by atoms with E-state index in [0.717, 1.165) is 4.88 Å². The molecule has 1 amide bonds. The molecule has 0 saturated carbocycles. The molecule has 1 aliphatic heterocycles. The summed E-state index contributed by atoms with van der Waals surface area (Å²) < 4.78 is 5.16. The maximum Gasteiger partial charge on any atom is 0.303 e. The van der Waals surface area contributed by atoms with Crippen LogP contribution in [0.15, 0.2) is 40.8 Å². The number of carbonyl (C=O) groups excluding carboxylic acids is 1. The largest absolute Gasteiger partial charge is 0.504 e. The first-order chi connectivity index (χ1) is 13.0. The molecule has 0 fully saturated rings. The Morgan fingerprint density at radius 1 is 1.30 bits per heavy atom. The van der Waals surface area contributed by atoms with Gasteiger partial charge in [-0.1, -0.05) is 12.1 Å². The van der Waals surface area contributed by atoms with Crippen LogP contribution >= 0.6 is 11.3 Å². The number of nitrogens with zero attached hydrogens (tertiary/aromatic N) is 2. The summed E-state index contributed by atoms with van der Waals surface area (Å²) in [4.78, 5) is 24.3. The van der Waals surface area contributed by atoms with Crippen LogP contribution in [-0.4, -0.2) is 39.9 Å². The number of carboxylic acid groups (broad SMARTS) is 1. The van der Waals surface area contributed by atoms with E-state index in [-0.39, 0.29) is 37.0 Å². The van der Waals surface area contributed by atoms with Gasteiger partial charge in [-0.25, -0.2) is 5.01 Å². The van der Waals surface area contributed by atoms with E-state index in [1.54, 1.807) is 18.2 Å². The van der Waals surface area contributed by atoms with Gasteiger partial charge in [-0.2, -0.15) is 5.10 Å². The topological polar surface area (TPSA) is 99.4 Å². The molecule has 8 heteroatoms. The van der Waals surface area contributed by atoms with Gasteiger partial charge in [0, 0.05) is 29.7 Å². The summed E-state index contributed by atoms with van der Waals surface area (Å²) in [6, 6.07) is 8.74. The van der Waals surface area contributed by atoms with E-state index < -0.39 is 5.97 Å². The van der Waals surface area contributed by atoms with Gasteiger partial charge in [0.25, 0.3) is 0 Å². The van der Waals surface area contributed by atoms with Crippen molar-refractivity contribution in [2.45, 2.75) is 31.7 Å². The Kier molecular flexibility index (Phi) is 5.75. The molecular weight excluding hydrogens is 368 g/mol. The Labute approximate surface area is 160 Å². The lowest BCUT2D eigenvalue weighted by Gasteiger charge is -2.20. The van der Waals surface area contributed by atoms with Gasteiger partial charge < -0.3 is 14.9 Å². The normalized spacial score (nSPS) is 16.3. The highest BCUT2D eigenvalue weighted by molar-refractivity contribution is 7.10. The first-order valence-corrected chi connectivity index (χ1v) is 9.40. The van der Waals surface area contributed by atoms with Crippen molar-refractivity contribution in [3.8, 4) is 11.5 Å². The standard InChI is InChI=1S/C19H20N2O5S/c1-26-15-6-2-5-12(19(15)25)13-11-14(16-7-4-10-27-16)21(20-13)17(22)8-3-9-18(23)24/h2,4-7,10,14,25H,3,8-9,11H2,1H3,(H,23,24)/t14-/m0/s1. The first-order valence-electron chi connectivity index (χ1n) is 8.52. The lowest BCUT2D eigenvalue weighted by atomic mass is 10.0. The summed E-state index contributed by atoms with van der Waals surface area (Å²) in [5, 5.41) is 27.0. The zero-order chi connectivity index (χ0) is 19.4. The van der Waals surface area contributed by atoms with Crippen molar-refractivity contribution in [2.75, 3.05) is 7.11 Å². The van der Waals surface area contributed by atoms with Crippen LogP contribution in [0.5, 0.6) is 11.5 Å². The van der Waals surface area contributed by atoms with Crippen molar-refractivity contribution in [2.24, 2.45) is 5.10 Å². The lowest BCUT2D eigenvalue weighted by Crippen LogP contribution is -2.26. The molecular formula is C19H20N2O5S. The molecule has 2 heterocycles. The fraction of sp³-hybridized carbons (Fsp3) is 0.316. The van der Waals surface area contributed by atoms with Crippen LogP contribution in [0.1, 0.15) is 42.2 Å². The van der Waals surface area contributed by atoms with E-state index in [2.05, 4.69) is 5.10 Å². The van der Waals surface area contributed by atoms with E-state index in [4.69, 9.17) is 9.84 Å². The first kappa shape index (κ1) is 18.9. The predicted octanol–water partition coefficient (Wildman–Crippen LogP) is 3.39. The number of carbonyl (C=O) groups is 2. The zero-order valence-electron chi connectivity index (χ0n) is 14.8. The molecule has 27 heavy (non-hydrogen) atoms. The van der Waals surface area contributed by atoms with Gasteiger partial charge in [0.1, 0.15) is 0 Å². The number of phenolic OH excluding ortho intramolecular Hbond substituents is 1. The van der Waals surface area contributed by atoms with Gasteiger partial charge in [0.2, 0.25) is 5.91 Å². The molecule has 142 valence electrons. The van der Waals surface area contributed by atoms with Gasteiger partial charge in [0.15, 0.2) is 11.5 Å². The maximum atomic E-state index is 12.7. The van der Waals surface area contributed by atoms with Gasteiger partial charge in [-0.15, -0.1) is 11.3 Å². The van der Waals surface area contributed by atoms with Crippen molar-refractivity contribution in [3.05, 3.63) is 46.2 Å². The molecule has 0 spiro atoms.